The molecule has 2 saturated heterocycles. The second kappa shape index (κ2) is 8.64. The number of nitrogens with zero attached hydrogens (tertiary/aromatic N) is 2. The van der Waals surface area contributed by atoms with Crippen molar-refractivity contribution in [3.8, 4) is 0 Å². The van der Waals surface area contributed by atoms with Crippen LogP contribution in [0.5, 0.6) is 0 Å². The molecule has 4 atom stereocenters. The van der Waals surface area contributed by atoms with Gasteiger partial charge in [0.15, 0.2) is 0 Å². The van der Waals surface area contributed by atoms with Crippen molar-refractivity contribution >= 4 is 23.6 Å². The molecule has 4 unspecified atom stereocenters. The third-order valence-electron chi connectivity index (χ3n) is 5.34. The molecule has 0 aromatic heterocycles. The van der Waals surface area contributed by atoms with E-state index in [4.69, 9.17) is 15.2 Å². The summed E-state index contributed by atoms with van der Waals surface area (Å²) in [7, 11) is 1.47. The molecule has 3 rings (SSSR count). The summed E-state index contributed by atoms with van der Waals surface area (Å²) in [5.74, 6) is -1.66. The first-order valence-corrected chi connectivity index (χ1v) is 9.40. The molecule has 2 aliphatic rings. The number of cyclic esters (lactones) is 1. The standard InChI is InChI=1S/C19H25FN4O5/c1-11(18(21)26)17-16(24(20)19(27)29-17)12-3-5-14(6-4-12)23-8-7-13(9-23)22-15(25)10-28-2/h3-6,11,13,16-17H,7-10H2,1-2H3,(H2,21,26)(H,22,25). The summed E-state index contributed by atoms with van der Waals surface area (Å²) in [5.41, 5.74) is 6.72. The summed E-state index contributed by atoms with van der Waals surface area (Å²) >= 11 is 0. The predicted octanol–water partition coefficient (Wildman–Crippen LogP) is 0.896. The van der Waals surface area contributed by atoms with Crippen molar-refractivity contribution in [1.82, 2.24) is 10.4 Å². The fraction of sp³-hybridized carbons (Fsp3) is 0.526. The van der Waals surface area contributed by atoms with Crippen LogP contribution in [-0.4, -0.2) is 62.0 Å². The van der Waals surface area contributed by atoms with Gasteiger partial charge in [-0.3, -0.25) is 9.59 Å². The minimum atomic E-state index is -1.13. The minimum absolute atomic E-state index is 0.00364. The molecule has 0 radical (unpaired) electrons. The first kappa shape index (κ1) is 20.8. The Bertz CT molecular complexity index is 774. The number of benzene rings is 1. The van der Waals surface area contributed by atoms with E-state index in [1.807, 2.05) is 12.1 Å². The van der Waals surface area contributed by atoms with Gasteiger partial charge in [-0.1, -0.05) is 16.6 Å². The molecular weight excluding hydrogens is 383 g/mol. The largest absolute Gasteiger partial charge is 0.441 e. The highest BCUT2D eigenvalue weighted by Crippen LogP contribution is 2.38. The van der Waals surface area contributed by atoms with E-state index >= 15 is 0 Å². The topological polar surface area (TPSA) is 114 Å². The summed E-state index contributed by atoms with van der Waals surface area (Å²) in [5, 5.41) is 2.91. The summed E-state index contributed by atoms with van der Waals surface area (Å²) in [6.45, 7) is 2.94. The Kier molecular flexibility index (Phi) is 6.21. The molecule has 0 aliphatic carbocycles. The van der Waals surface area contributed by atoms with E-state index in [9.17, 15) is 18.9 Å². The fourth-order valence-corrected chi connectivity index (χ4v) is 3.73. The third-order valence-corrected chi connectivity index (χ3v) is 5.34. The molecule has 9 nitrogen and oxygen atoms in total. The lowest BCUT2D eigenvalue weighted by Gasteiger charge is -2.23. The van der Waals surface area contributed by atoms with Crippen LogP contribution < -0.4 is 16.0 Å². The zero-order valence-electron chi connectivity index (χ0n) is 16.3. The summed E-state index contributed by atoms with van der Waals surface area (Å²) in [4.78, 5) is 36.9. The number of nitrogens with two attached hydrogens (primary N) is 1. The second-order valence-electron chi connectivity index (χ2n) is 7.32. The lowest BCUT2D eigenvalue weighted by Crippen LogP contribution is -2.38. The molecule has 1 aromatic carbocycles. The van der Waals surface area contributed by atoms with Gasteiger partial charge in [-0.15, -0.1) is 5.12 Å². The van der Waals surface area contributed by atoms with Gasteiger partial charge in [-0.25, -0.2) is 4.79 Å². The Hall–Kier alpha value is -2.88. The molecule has 1 aromatic rings. The van der Waals surface area contributed by atoms with Crippen LogP contribution in [0.3, 0.4) is 0 Å². The Morgan fingerprint density at radius 2 is 2.07 bits per heavy atom. The van der Waals surface area contributed by atoms with E-state index in [0.29, 0.717) is 12.1 Å². The minimum Gasteiger partial charge on any atom is -0.441 e. The summed E-state index contributed by atoms with van der Waals surface area (Å²) < 4.78 is 24.2. The average molecular weight is 408 g/mol. The monoisotopic (exact) mass is 408 g/mol. The Morgan fingerprint density at radius 1 is 1.38 bits per heavy atom. The van der Waals surface area contributed by atoms with Gasteiger partial charge in [0.1, 0.15) is 18.8 Å². The number of anilines is 1. The Labute approximate surface area is 167 Å². The molecule has 0 saturated carbocycles. The smallest absolute Gasteiger partial charge is 0.439 e. The molecule has 3 N–H and O–H groups in total. The van der Waals surface area contributed by atoms with E-state index < -0.39 is 30.1 Å². The van der Waals surface area contributed by atoms with Crippen LogP contribution in [0.25, 0.3) is 0 Å². The number of primary amides is 1. The molecule has 10 heteroatoms. The highest BCUT2D eigenvalue weighted by atomic mass is 19.2. The number of amides is 3. The number of carbonyl (C=O) groups is 3. The first-order valence-electron chi connectivity index (χ1n) is 9.40. The van der Waals surface area contributed by atoms with Gasteiger partial charge in [0.05, 0.1) is 5.92 Å². The van der Waals surface area contributed by atoms with Gasteiger partial charge in [0.2, 0.25) is 11.8 Å². The van der Waals surface area contributed by atoms with Crippen LogP contribution in [-0.2, 0) is 19.1 Å². The molecule has 2 heterocycles. The molecule has 158 valence electrons. The molecular formula is C19H25FN4O5. The highest BCUT2D eigenvalue weighted by molar-refractivity contribution is 5.79. The van der Waals surface area contributed by atoms with E-state index in [-0.39, 0.29) is 23.7 Å². The van der Waals surface area contributed by atoms with Gasteiger partial charge in [0.25, 0.3) is 0 Å². The van der Waals surface area contributed by atoms with E-state index in [2.05, 4.69) is 10.2 Å². The maximum absolute atomic E-state index is 14.3. The van der Waals surface area contributed by atoms with Crippen molar-refractivity contribution in [2.75, 3.05) is 31.7 Å². The number of hydrogen-bond donors (Lipinski definition) is 2. The van der Waals surface area contributed by atoms with Crippen molar-refractivity contribution in [2.24, 2.45) is 11.7 Å². The average Bonchev–Trinajstić information content (AvgIpc) is 3.26. The van der Waals surface area contributed by atoms with Crippen LogP contribution in [0.2, 0.25) is 0 Å². The summed E-state index contributed by atoms with van der Waals surface area (Å²) in [6.07, 6.45) is -1.33. The van der Waals surface area contributed by atoms with E-state index in [1.165, 1.54) is 14.0 Å². The normalized spacial score (nSPS) is 25.1. The fourth-order valence-electron chi connectivity index (χ4n) is 3.73. The first-order chi connectivity index (χ1) is 13.8. The molecule has 2 fully saturated rings. The zero-order chi connectivity index (χ0) is 21.1. The molecule has 29 heavy (non-hydrogen) atoms. The van der Waals surface area contributed by atoms with Crippen LogP contribution >= 0.6 is 0 Å². The van der Waals surface area contributed by atoms with Crippen molar-refractivity contribution in [2.45, 2.75) is 31.5 Å². The quantitative estimate of drug-likeness (QED) is 0.648. The van der Waals surface area contributed by atoms with Gasteiger partial charge < -0.3 is 25.4 Å². The third kappa shape index (κ3) is 4.42. The number of halogens is 1. The lowest BCUT2D eigenvalue weighted by molar-refractivity contribution is -0.125. The van der Waals surface area contributed by atoms with Crippen molar-refractivity contribution in [3.63, 3.8) is 0 Å². The van der Waals surface area contributed by atoms with Gasteiger partial charge in [-0.2, -0.15) is 0 Å². The van der Waals surface area contributed by atoms with Crippen molar-refractivity contribution < 1.29 is 28.3 Å². The number of rotatable bonds is 7. The Morgan fingerprint density at radius 3 is 2.69 bits per heavy atom. The maximum atomic E-state index is 14.3. The van der Waals surface area contributed by atoms with Crippen LogP contribution in [0.1, 0.15) is 24.9 Å². The number of nitrogens with one attached hydrogen (secondary N) is 1. The van der Waals surface area contributed by atoms with Gasteiger partial charge >= 0.3 is 6.09 Å². The van der Waals surface area contributed by atoms with Crippen molar-refractivity contribution in [3.05, 3.63) is 29.8 Å². The SMILES string of the molecule is COCC(=O)NC1CCN(c2ccc(C3C(C(C)C(N)=O)OC(=O)N3F)cc2)C1. The number of ether oxygens (including phenoxy) is 2. The number of hydrogen-bond acceptors (Lipinski definition) is 6. The predicted molar refractivity (Wildman–Crippen MR) is 101 cm³/mol. The molecule has 2 aliphatic heterocycles. The molecule has 3 amide bonds. The molecule has 0 bridgehead atoms. The number of carbonyl (C=O) groups excluding carboxylic acids is 3. The van der Waals surface area contributed by atoms with E-state index in [0.717, 1.165) is 18.7 Å². The Balaban J connectivity index is 1.69. The summed E-state index contributed by atoms with van der Waals surface area (Å²) in [6, 6.07) is 6.02. The second-order valence-corrected chi connectivity index (χ2v) is 7.32. The zero-order valence-corrected chi connectivity index (χ0v) is 16.3. The van der Waals surface area contributed by atoms with Gasteiger partial charge in [-0.05, 0) is 31.0 Å². The van der Waals surface area contributed by atoms with Crippen LogP contribution in [0.15, 0.2) is 24.3 Å². The van der Waals surface area contributed by atoms with Crippen LogP contribution in [0, 0.1) is 5.92 Å². The van der Waals surface area contributed by atoms with Gasteiger partial charge in [0, 0.05) is 31.9 Å². The highest BCUT2D eigenvalue weighted by Gasteiger charge is 2.47. The van der Waals surface area contributed by atoms with Crippen LogP contribution in [0.4, 0.5) is 15.0 Å². The lowest BCUT2D eigenvalue weighted by atomic mass is 9.92. The molecule has 0 spiro atoms. The van der Waals surface area contributed by atoms with E-state index in [1.54, 1.807) is 12.1 Å². The van der Waals surface area contributed by atoms with Crippen molar-refractivity contribution in [1.29, 1.82) is 0 Å². The maximum Gasteiger partial charge on any atom is 0.439 e. The number of methoxy groups -OCH3 is 1.